The number of aryl methyl sites for hydroxylation is 2. The summed E-state index contributed by atoms with van der Waals surface area (Å²) in [4.78, 5) is 0. The first-order valence-corrected chi connectivity index (χ1v) is 3.92. The van der Waals surface area contributed by atoms with E-state index in [1.165, 1.54) is 11.1 Å². The molecule has 0 heterocycles. The molecule has 1 aromatic rings. The van der Waals surface area contributed by atoms with Crippen LogP contribution in [-0.4, -0.2) is 6.73 Å². The van der Waals surface area contributed by atoms with Crippen molar-refractivity contribution >= 4 is 5.69 Å². The van der Waals surface area contributed by atoms with E-state index in [4.69, 9.17) is 0 Å². The molecule has 0 fully saturated rings. The van der Waals surface area contributed by atoms with Crippen LogP contribution in [0.2, 0.25) is 0 Å². The Labute approximate surface area is 105 Å². The fourth-order valence-electron chi connectivity index (χ4n) is 0.986. The van der Waals surface area contributed by atoms with Gasteiger partial charge < -0.3 is 10.1 Å². The second-order valence-corrected chi connectivity index (χ2v) is 2.82. The number of hydrogen-bond acceptors (Lipinski definition) is 2. The summed E-state index contributed by atoms with van der Waals surface area (Å²) in [5.74, 6) is 0. The van der Waals surface area contributed by atoms with E-state index in [1.54, 1.807) is 0 Å². The molecule has 0 spiro atoms. The second-order valence-electron chi connectivity index (χ2n) is 2.82. The normalized spacial score (nSPS) is 9.15. The predicted molar refractivity (Wildman–Crippen MR) is 50.8 cm³/mol. The van der Waals surface area contributed by atoms with Crippen LogP contribution in [-0.2, 0) is 37.4 Å². The first-order valence-electron chi connectivity index (χ1n) is 3.92. The summed E-state index contributed by atoms with van der Waals surface area (Å²) in [6.07, 6.45) is 0. The van der Waals surface area contributed by atoms with Crippen molar-refractivity contribution in [2.24, 2.45) is 0 Å². The van der Waals surface area contributed by atoms with E-state index in [0.29, 0.717) is 6.73 Å². The number of hydrogen-bond donors (Lipinski definition) is 1. The zero-order valence-electron chi connectivity index (χ0n) is 8.13. The fourth-order valence-corrected chi connectivity index (χ4v) is 0.986. The van der Waals surface area contributed by atoms with Crippen LogP contribution in [0.1, 0.15) is 11.1 Å². The quantitative estimate of drug-likeness (QED) is 0.660. The first kappa shape index (κ1) is 13.1. The molecule has 0 aliphatic heterocycles. The van der Waals surface area contributed by atoms with Crippen LogP contribution in [0.5, 0.6) is 0 Å². The molecule has 1 aromatic carbocycles. The number of benzene rings is 1. The summed E-state index contributed by atoms with van der Waals surface area (Å²) in [6, 6.07) is 6.20. The van der Waals surface area contributed by atoms with Crippen LogP contribution in [0.4, 0.5) is 5.69 Å². The molecule has 3 heteroatoms. The van der Waals surface area contributed by atoms with Gasteiger partial charge in [-0.15, -0.1) is 0 Å². The first-order chi connectivity index (χ1) is 5.74. The van der Waals surface area contributed by atoms with Gasteiger partial charge in [0.25, 0.3) is 0 Å². The van der Waals surface area contributed by atoms with Crippen LogP contribution in [0.3, 0.4) is 0 Å². The molecule has 1 rings (SSSR count). The summed E-state index contributed by atoms with van der Waals surface area (Å²) >= 11 is 0. The van der Waals surface area contributed by atoms with E-state index >= 15 is 0 Å². The molecular weight excluding hydrogens is 239 g/mol. The molecule has 2 nitrogen and oxygen atoms in total. The minimum Gasteiger partial charge on any atom is -0.540 e. The van der Waals surface area contributed by atoms with Crippen molar-refractivity contribution in [2.45, 2.75) is 13.8 Å². The Kier molecular flexibility index (Phi) is 6.57. The molecule has 0 saturated carbocycles. The Morgan fingerprint density at radius 2 is 2.00 bits per heavy atom. The van der Waals surface area contributed by atoms with Crippen molar-refractivity contribution in [3.8, 4) is 0 Å². The predicted octanol–water partition coefficient (Wildman–Crippen LogP) is 2.48. The monoisotopic (exact) mass is 253 g/mol. The number of rotatable bonds is 3. The van der Waals surface area contributed by atoms with Gasteiger partial charge in [-0.05, 0) is 37.1 Å². The molecule has 0 aromatic heterocycles. The van der Waals surface area contributed by atoms with Crippen molar-refractivity contribution in [1.29, 1.82) is 0 Å². The van der Waals surface area contributed by atoms with Gasteiger partial charge in [0, 0.05) is 38.4 Å². The van der Waals surface area contributed by atoms with Gasteiger partial charge in [0.05, 0.1) is 6.73 Å². The molecule has 0 unspecified atom stereocenters. The van der Waals surface area contributed by atoms with Gasteiger partial charge in [-0.3, -0.25) is 0 Å². The third-order valence-corrected chi connectivity index (χ3v) is 1.89. The topological polar surface area (TPSA) is 21.3 Å². The van der Waals surface area contributed by atoms with E-state index in [0.717, 1.165) is 5.69 Å². The van der Waals surface area contributed by atoms with Crippen LogP contribution in [0.25, 0.3) is 0 Å². The summed E-state index contributed by atoms with van der Waals surface area (Å²) < 4.78 is 4.65. The smallest absolute Gasteiger partial charge is 0.0845 e. The van der Waals surface area contributed by atoms with Crippen LogP contribution in [0, 0.1) is 21.0 Å². The molecule has 0 amide bonds. The molecule has 1 radical (unpaired) electrons. The van der Waals surface area contributed by atoms with Gasteiger partial charge in [0.1, 0.15) is 0 Å². The van der Waals surface area contributed by atoms with Crippen molar-refractivity contribution in [2.75, 3.05) is 12.0 Å². The van der Waals surface area contributed by atoms with Crippen molar-refractivity contribution in [3.05, 3.63) is 36.4 Å². The fraction of sp³-hybridized carbons (Fsp3) is 0.300. The zero-order chi connectivity index (χ0) is 8.97. The van der Waals surface area contributed by atoms with Gasteiger partial charge >= 0.3 is 0 Å². The van der Waals surface area contributed by atoms with Gasteiger partial charge in [-0.1, -0.05) is 6.07 Å². The number of ether oxygens (including phenoxy) is 1. The average molecular weight is 253 g/mol. The molecule has 69 valence electrons. The SMILES string of the molecule is [CH2-]OCNc1ccc(C)c(C)c1.[Y]. The molecule has 0 aliphatic rings. The summed E-state index contributed by atoms with van der Waals surface area (Å²) in [6.45, 7) is 4.63. The zero-order valence-corrected chi connectivity index (χ0v) is 11.0. The molecule has 0 aliphatic carbocycles. The second kappa shape index (κ2) is 6.52. The van der Waals surface area contributed by atoms with E-state index < -0.39 is 0 Å². The summed E-state index contributed by atoms with van der Waals surface area (Å²) in [7, 11) is 3.28. The molecule has 13 heavy (non-hydrogen) atoms. The third-order valence-electron chi connectivity index (χ3n) is 1.89. The van der Waals surface area contributed by atoms with E-state index in [9.17, 15) is 0 Å². The van der Waals surface area contributed by atoms with Crippen molar-refractivity contribution < 1.29 is 37.4 Å². The minimum atomic E-state index is 0. The third kappa shape index (κ3) is 4.21. The summed E-state index contributed by atoms with van der Waals surface area (Å²) in [5, 5.41) is 3.08. The maximum absolute atomic E-state index is 4.65. The number of nitrogens with one attached hydrogen (secondary N) is 1. The van der Waals surface area contributed by atoms with E-state index in [1.807, 2.05) is 6.07 Å². The maximum Gasteiger partial charge on any atom is 0.0845 e. The average Bonchev–Trinajstić information content (AvgIpc) is 2.07. The van der Waals surface area contributed by atoms with Gasteiger partial charge in [-0.25, -0.2) is 7.11 Å². The Balaban J connectivity index is 0.00000144. The van der Waals surface area contributed by atoms with E-state index in [-0.39, 0.29) is 32.7 Å². The molecule has 0 bridgehead atoms. The Hall–Kier alpha value is 0.0839. The van der Waals surface area contributed by atoms with Crippen LogP contribution in [0.15, 0.2) is 18.2 Å². The molecule has 1 N–H and O–H groups in total. The Bertz CT molecular complexity index is 263. The van der Waals surface area contributed by atoms with Gasteiger partial charge in [0.2, 0.25) is 0 Å². The maximum atomic E-state index is 4.65. The van der Waals surface area contributed by atoms with Crippen LogP contribution >= 0.6 is 0 Å². The minimum absolute atomic E-state index is 0. The number of anilines is 1. The van der Waals surface area contributed by atoms with E-state index in [2.05, 4.69) is 43.1 Å². The van der Waals surface area contributed by atoms with Crippen molar-refractivity contribution in [3.63, 3.8) is 0 Å². The standard InChI is InChI=1S/C10H14NO.Y/c1-8-4-5-10(6-9(8)2)11-7-12-3;/h4-6,11H,3,7H2,1-2H3;/q-1;. The largest absolute Gasteiger partial charge is 0.540 e. The Morgan fingerprint density at radius 1 is 1.31 bits per heavy atom. The van der Waals surface area contributed by atoms with Crippen LogP contribution < -0.4 is 5.32 Å². The molecule has 0 saturated heterocycles. The van der Waals surface area contributed by atoms with Gasteiger partial charge in [-0.2, -0.15) is 0 Å². The summed E-state index contributed by atoms with van der Waals surface area (Å²) in [5.41, 5.74) is 3.65. The Morgan fingerprint density at radius 3 is 2.54 bits per heavy atom. The van der Waals surface area contributed by atoms with Gasteiger partial charge in [0.15, 0.2) is 0 Å². The van der Waals surface area contributed by atoms with Crippen molar-refractivity contribution in [1.82, 2.24) is 0 Å². The molecule has 0 atom stereocenters. The molecular formula is C10H14NOY-.